The highest BCUT2D eigenvalue weighted by atomic mass is 79.9. The van der Waals surface area contributed by atoms with E-state index in [0.717, 1.165) is 0 Å². The summed E-state index contributed by atoms with van der Waals surface area (Å²) in [6, 6.07) is 4.80. The van der Waals surface area contributed by atoms with Crippen LogP contribution in [0, 0.1) is 0 Å². The number of aliphatic hydroxyl groups excluding tert-OH is 2. The van der Waals surface area contributed by atoms with Crippen molar-refractivity contribution in [2.24, 2.45) is 0 Å². The first kappa shape index (κ1) is 16.7. The van der Waals surface area contributed by atoms with Crippen molar-refractivity contribution in [3.05, 3.63) is 23.8 Å². The second kappa shape index (κ2) is 8.08. The van der Waals surface area contributed by atoms with Crippen LogP contribution >= 0.6 is 15.9 Å². The Kier molecular flexibility index (Phi) is 6.77. The number of aliphatic carboxylic acids is 1. The zero-order valence-corrected chi connectivity index (χ0v) is 12.5. The van der Waals surface area contributed by atoms with Gasteiger partial charge in [-0.25, -0.2) is 4.79 Å². The van der Waals surface area contributed by atoms with Crippen LogP contribution < -0.4 is 9.47 Å². The molecular weight excluding hydrogens is 332 g/mol. The van der Waals surface area contributed by atoms with Gasteiger partial charge in [-0.1, -0.05) is 28.1 Å². The van der Waals surface area contributed by atoms with E-state index in [1.54, 1.807) is 25.1 Å². The van der Waals surface area contributed by atoms with Gasteiger partial charge in [-0.2, -0.15) is 0 Å². The molecule has 0 amide bonds. The molecule has 2 atom stereocenters. The predicted octanol–water partition coefficient (Wildman–Crippen LogP) is 1.34. The summed E-state index contributed by atoms with van der Waals surface area (Å²) >= 11 is 3.07. The standard InChI is InChI=1S/C13H17BrO6/c1-2-19-10-5-3-4-8(12(18)9(15)6-14)13(10)20-7-11(16)17/h3-5,9,12,15,18H,2,6-7H2,1H3,(H,16,17). The maximum atomic E-state index is 10.6. The Morgan fingerprint density at radius 2 is 2.05 bits per heavy atom. The molecule has 112 valence electrons. The van der Waals surface area contributed by atoms with Gasteiger partial charge in [0.05, 0.1) is 12.7 Å². The van der Waals surface area contributed by atoms with Gasteiger partial charge in [-0.3, -0.25) is 0 Å². The lowest BCUT2D eigenvalue weighted by Gasteiger charge is -2.21. The second-order valence-electron chi connectivity index (χ2n) is 3.96. The van der Waals surface area contributed by atoms with Crippen LogP contribution in [0.4, 0.5) is 0 Å². The average Bonchev–Trinajstić information content (AvgIpc) is 2.44. The number of hydrogen-bond acceptors (Lipinski definition) is 5. The number of carbonyl (C=O) groups is 1. The van der Waals surface area contributed by atoms with Gasteiger partial charge in [0.15, 0.2) is 18.1 Å². The van der Waals surface area contributed by atoms with Crippen LogP contribution in [-0.4, -0.2) is 45.9 Å². The molecule has 6 nitrogen and oxygen atoms in total. The fraction of sp³-hybridized carbons (Fsp3) is 0.462. The van der Waals surface area contributed by atoms with E-state index < -0.39 is 24.8 Å². The predicted molar refractivity (Wildman–Crippen MR) is 75.5 cm³/mol. The lowest BCUT2D eigenvalue weighted by Crippen LogP contribution is -2.21. The van der Waals surface area contributed by atoms with Crippen molar-refractivity contribution in [3.63, 3.8) is 0 Å². The number of alkyl halides is 1. The van der Waals surface area contributed by atoms with E-state index in [9.17, 15) is 15.0 Å². The molecule has 0 saturated heterocycles. The maximum absolute atomic E-state index is 10.6. The Balaban J connectivity index is 3.13. The summed E-state index contributed by atoms with van der Waals surface area (Å²) in [5.41, 5.74) is 0.282. The van der Waals surface area contributed by atoms with Gasteiger partial charge in [-0.15, -0.1) is 0 Å². The van der Waals surface area contributed by atoms with Crippen LogP contribution in [0.2, 0.25) is 0 Å². The normalized spacial score (nSPS) is 13.6. The Morgan fingerprint density at radius 1 is 1.35 bits per heavy atom. The SMILES string of the molecule is CCOc1cccc(C(O)C(O)CBr)c1OCC(=O)O. The zero-order chi connectivity index (χ0) is 15.1. The number of ether oxygens (including phenoxy) is 2. The highest BCUT2D eigenvalue weighted by Gasteiger charge is 2.24. The largest absolute Gasteiger partial charge is 0.490 e. The van der Waals surface area contributed by atoms with E-state index in [2.05, 4.69) is 15.9 Å². The molecular formula is C13H17BrO6. The van der Waals surface area contributed by atoms with Crippen molar-refractivity contribution in [3.8, 4) is 11.5 Å². The minimum atomic E-state index is -1.21. The quantitative estimate of drug-likeness (QED) is 0.613. The molecule has 0 saturated carbocycles. The molecule has 3 N–H and O–H groups in total. The van der Waals surface area contributed by atoms with E-state index in [1.807, 2.05) is 0 Å². The van der Waals surface area contributed by atoms with Gasteiger partial charge in [-0.05, 0) is 13.0 Å². The molecule has 1 rings (SSSR count). The van der Waals surface area contributed by atoms with Crippen molar-refractivity contribution in [2.45, 2.75) is 19.1 Å². The first-order valence-corrected chi connectivity index (χ1v) is 7.15. The maximum Gasteiger partial charge on any atom is 0.341 e. The summed E-state index contributed by atoms with van der Waals surface area (Å²) in [5, 5.41) is 28.6. The molecule has 0 radical (unpaired) electrons. The highest BCUT2D eigenvalue weighted by Crippen LogP contribution is 2.36. The number of para-hydroxylation sites is 1. The summed E-state index contributed by atoms with van der Waals surface area (Å²) in [6.07, 6.45) is -2.25. The molecule has 0 aromatic heterocycles. The van der Waals surface area contributed by atoms with Gasteiger partial charge in [0.25, 0.3) is 0 Å². The smallest absolute Gasteiger partial charge is 0.341 e. The third kappa shape index (κ3) is 4.36. The van der Waals surface area contributed by atoms with E-state index in [1.165, 1.54) is 0 Å². The minimum absolute atomic E-state index is 0.129. The zero-order valence-electron chi connectivity index (χ0n) is 11.0. The minimum Gasteiger partial charge on any atom is -0.490 e. The Morgan fingerprint density at radius 3 is 2.60 bits per heavy atom. The molecule has 0 heterocycles. The first-order chi connectivity index (χ1) is 9.51. The Bertz CT molecular complexity index is 450. The number of benzene rings is 1. The number of rotatable bonds is 8. The average molecular weight is 349 g/mol. The van der Waals surface area contributed by atoms with Crippen LogP contribution in [0.5, 0.6) is 11.5 Å². The van der Waals surface area contributed by atoms with Gasteiger partial charge in [0, 0.05) is 10.9 Å². The summed E-state index contributed by atoms with van der Waals surface area (Å²) in [7, 11) is 0. The van der Waals surface area contributed by atoms with Gasteiger partial charge < -0.3 is 24.8 Å². The third-order valence-corrected chi connectivity index (χ3v) is 3.15. The molecule has 1 aromatic rings. The van der Waals surface area contributed by atoms with Gasteiger partial charge >= 0.3 is 5.97 Å². The Hall–Kier alpha value is -1.31. The number of carboxylic acids is 1. The molecule has 0 bridgehead atoms. The van der Waals surface area contributed by atoms with Crippen molar-refractivity contribution in [2.75, 3.05) is 18.5 Å². The molecule has 2 unspecified atom stereocenters. The summed E-state index contributed by atoms with van der Waals surface area (Å²) in [6.45, 7) is 1.58. The van der Waals surface area contributed by atoms with E-state index in [-0.39, 0.29) is 16.6 Å². The van der Waals surface area contributed by atoms with Crippen molar-refractivity contribution < 1.29 is 29.6 Å². The van der Waals surface area contributed by atoms with Crippen molar-refractivity contribution in [1.82, 2.24) is 0 Å². The summed E-state index contributed by atoms with van der Waals surface area (Å²) in [4.78, 5) is 10.6. The fourth-order valence-corrected chi connectivity index (χ4v) is 1.97. The number of aliphatic hydroxyl groups is 2. The molecule has 0 aliphatic carbocycles. The summed E-state index contributed by atoms with van der Waals surface area (Å²) < 4.78 is 10.5. The van der Waals surface area contributed by atoms with Crippen LogP contribution in [-0.2, 0) is 4.79 Å². The van der Waals surface area contributed by atoms with E-state index in [4.69, 9.17) is 14.6 Å². The number of hydrogen-bond donors (Lipinski definition) is 3. The summed E-state index contributed by atoms with van der Waals surface area (Å²) in [5.74, 6) is -0.686. The second-order valence-corrected chi connectivity index (χ2v) is 4.60. The molecule has 1 aromatic carbocycles. The molecule has 0 aliphatic heterocycles. The van der Waals surface area contributed by atoms with Gasteiger partial charge in [0.1, 0.15) is 6.10 Å². The van der Waals surface area contributed by atoms with E-state index in [0.29, 0.717) is 12.4 Å². The molecule has 7 heteroatoms. The van der Waals surface area contributed by atoms with Crippen LogP contribution in [0.25, 0.3) is 0 Å². The van der Waals surface area contributed by atoms with Crippen LogP contribution in [0.15, 0.2) is 18.2 Å². The molecule has 0 spiro atoms. The van der Waals surface area contributed by atoms with Crippen LogP contribution in [0.1, 0.15) is 18.6 Å². The fourth-order valence-electron chi connectivity index (χ4n) is 1.61. The van der Waals surface area contributed by atoms with Gasteiger partial charge in [0.2, 0.25) is 0 Å². The molecule has 0 fully saturated rings. The highest BCUT2D eigenvalue weighted by molar-refractivity contribution is 9.09. The van der Waals surface area contributed by atoms with Crippen LogP contribution in [0.3, 0.4) is 0 Å². The van der Waals surface area contributed by atoms with E-state index >= 15 is 0 Å². The lowest BCUT2D eigenvalue weighted by atomic mass is 10.0. The number of carboxylic acid groups (broad SMARTS) is 1. The monoisotopic (exact) mass is 348 g/mol. The van der Waals surface area contributed by atoms with Crippen molar-refractivity contribution >= 4 is 21.9 Å². The Labute approximate surface area is 125 Å². The molecule has 20 heavy (non-hydrogen) atoms. The topological polar surface area (TPSA) is 96.2 Å². The first-order valence-electron chi connectivity index (χ1n) is 6.03. The van der Waals surface area contributed by atoms with Crippen molar-refractivity contribution in [1.29, 1.82) is 0 Å². The third-order valence-electron chi connectivity index (χ3n) is 2.49. The number of halogens is 1. The molecule has 0 aliphatic rings. The lowest BCUT2D eigenvalue weighted by molar-refractivity contribution is -0.139.